The average Bonchev–Trinajstić information content (AvgIpc) is 2.17. The fraction of sp³-hybridized carbons (Fsp3) is 0.111. The van der Waals surface area contributed by atoms with Crippen LogP contribution in [0.4, 0.5) is 10.1 Å². The van der Waals surface area contributed by atoms with Crippen molar-refractivity contribution in [3.05, 3.63) is 30.1 Å². The Labute approximate surface area is 75.0 Å². The molecule has 0 aromatic heterocycles. The highest BCUT2D eigenvalue weighted by atomic mass is 19.1. The SMILES string of the molecule is CN(C(=O)C#N)c1ccc(F)cc1. The van der Waals surface area contributed by atoms with Crippen LogP contribution >= 0.6 is 0 Å². The molecule has 0 bridgehead atoms. The van der Waals surface area contributed by atoms with Crippen LogP contribution in [-0.4, -0.2) is 13.0 Å². The van der Waals surface area contributed by atoms with Crippen molar-refractivity contribution in [2.45, 2.75) is 0 Å². The van der Waals surface area contributed by atoms with Crippen molar-refractivity contribution in [3.63, 3.8) is 0 Å². The van der Waals surface area contributed by atoms with Gasteiger partial charge in [-0.2, -0.15) is 5.26 Å². The van der Waals surface area contributed by atoms with E-state index in [1.807, 2.05) is 0 Å². The second kappa shape index (κ2) is 3.68. The van der Waals surface area contributed by atoms with Crippen molar-refractivity contribution in [1.29, 1.82) is 5.26 Å². The van der Waals surface area contributed by atoms with E-state index in [9.17, 15) is 9.18 Å². The summed E-state index contributed by atoms with van der Waals surface area (Å²) in [6, 6.07) is 6.81. The molecule has 0 unspecified atom stereocenters. The lowest BCUT2D eigenvalue weighted by atomic mass is 10.3. The highest BCUT2D eigenvalue weighted by Gasteiger charge is 2.08. The molecule has 0 spiro atoms. The number of hydrogen-bond donors (Lipinski definition) is 0. The number of nitrogens with zero attached hydrogens (tertiary/aromatic N) is 2. The fourth-order valence-corrected chi connectivity index (χ4v) is 0.857. The molecule has 0 saturated carbocycles. The summed E-state index contributed by atoms with van der Waals surface area (Å²) in [5.41, 5.74) is 0.493. The summed E-state index contributed by atoms with van der Waals surface area (Å²) < 4.78 is 12.5. The van der Waals surface area contributed by atoms with Crippen molar-refractivity contribution in [2.24, 2.45) is 0 Å². The molecule has 0 atom stereocenters. The number of benzene rings is 1. The Morgan fingerprint density at radius 1 is 1.46 bits per heavy atom. The summed E-state index contributed by atoms with van der Waals surface area (Å²) in [4.78, 5) is 12.0. The van der Waals surface area contributed by atoms with Crippen LogP contribution < -0.4 is 4.90 Å². The standard InChI is InChI=1S/C9H7FN2O/c1-12(9(13)6-11)8-4-2-7(10)3-5-8/h2-5H,1H3. The molecule has 0 aliphatic heterocycles. The van der Waals surface area contributed by atoms with Gasteiger partial charge in [0.2, 0.25) is 0 Å². The smallest absolute Gasteiger partial charge is 0.303 e. The zero-order valence-corrected chi connectivity index (χ0v) is 6.99. The van der Waals surface area contributed by atoms with Gasteiger partial charge in [0.15, 0.2) is 6.07 Å². The van der Waals surface area contributed by atoms with Gasteiger partial charge in [-0.15, -0.1) is 0 Å². The minimum absolute atomic E-state index is 0.374. The van der Waals surface area contributed by atoms with Crippen LogP contribution in [0.3, 0.4) is 0 Å². The molecule has 0 aliphatic rings. The predicted octanol–water partition coefficient (Wildman–Crippen LogP) is 1.31. The molecule has 4 heteroatoms. The van der Waals surface area contributed by atoms with Crippen LogP contribution in [-0.2, 0) is 4.79 Å². The number of nitriles is 1. The second-order valence-corrected chi connectivity index (χ2v) is 2.45. The Morgan fingerprint density at radius 3 is 2.46 bits per heavy atom. The van der Waals surface area contributed by atoms with E-state index >= 15 is 0 Å². The number of halogens is 1. The Balaban J connectivity index is 2.91. The summed E-state index contributed by atoms with van der Waals surface area (Å²) in [5.74, 6) is -1.05. The van der Waals surface area contributed by atoms with Crippen molar-refractivity contribution in [3.8, 4) is 6.07 Å². The van der Waals surface area contributed by atoms with Gasteiger partial charge in [-0.05, 0) is 24.3 Å². The van der Waals surface area contributed by atoms with Gasteiger partial charge >= 0.3 is 5.91 Å². The van der Waals surface area contributed by atoms with Gasteiger partial charge in [-0.25, -0.2) is 4.39 Å². The molecular weight excluding hydrogens is 171 g/mol. The normalized spacial score (nSPS) is 9.00. The Hall–Kier alpha value is -1.89. The molecule has 66 valence electrons. The third kappa shape index (κ3) is 2.03. The Bertz CT molecular complexity index is 353. The number of anilines is 1. The molecule has 0 aliphatic carbocycles. The zero-order valence-electron chi connectivity index (χ0n) is 6.99. The van der Waals surface area contributed by atoms with E-state index in [-0.39, 0.29) is 5.82 Å². The maximum Gasteiger partial charge on any atom is 0.329 e. The van der Waals surface area contributed by atoms with Crippen LogP contribution in [0.25, 0.3) is 0 Å². The predicted molar refractivity (Wildman–Crippen MR) is 45.4 cm³/mol. The van der Waals surface area contributed by atoms with Gasteiger partial charge in [-0.1, -0.05) is 0 Å². The number of hydrogen-bond acceptors (Lipinski definition) is 2. The van der Waals surface area contributed by atoms with E-state index in [0.29, 0.717) is 5.69 Å². The highest BCUT2D eigenvalue weighted by molar-refractivity contribution is 6.03. The lowest BCUT2D eigenvalue weighted by Crippen LogP contribution is -2.24. The maximum atomic E-state index is 12.5. The van der Waals surface area contributed by atoms with Crippen LogP contribution in [0.15, 0.2) is 24.3 Å². The minimum atomic E-state index is -0.674. The number of amides is 1. The lowest BCUT2D eigenvalue weighted by Gasteiger charge is -2.12. The molecule has 0 radical (unpaired) electrons. The second-order valence-electron chi connectivity index (χ2n) is 2.45. The summed E-state index contributed by atoms with van der Waals surface area (Å²) in [5, 5.41) is 8.31. The van der Waals surface area contributed by atoms with Crippen molar-refractivity contribution in [2.75, 3.05) is 11.9 Å². The van der Waals surface area contributed by atoms with E-state index < -0.39 is 5.91 Å². The quantitative estimate of drug-likeness (QED) is 0.608. The molecule has 1 rings (SSSR count). The third-order valence-corrected chi connectivity index (χ3v) is 1.61. The average molecular weight is 178 g/mol. The van der Waals surface area contributed by atoms with Crippen LogP contribution in [0, 0.1) is 17.1 Å². The van der Waals surface area contributed by atoms with Crippen LogP contribution in [0.2, 0.25) is 0 Å². The maximum absolute atomic E-state index is 12.5. The van der Waals surface area contributed by atoms with Gasteiger partial charge < -0.3 is 4.90 Å². The molecule has 1 amide bonds. The van der Waals surface area contributed by atoms with Crippen LogP contribution in [0.1, 0.15) is 0 Å². The molecule has 0 heterocycles. The molecule has 0 N–H and O–H groups in total. The van der Waals surface area contributed by atoms with Gasteiger partial charge in [0.05, 0.1) is 0 Å². The zero-order chi connectivity index (χ0) is 9.84. The topological polar surface area (TPSA) is 44.1 Å². The molecular formula is C9H7FN2O. The Kier molecular flexibility index (Phi) is 2.60. The molecule has 1 aromatic rings. The van der Waals surface area contributed by atoms with Crippen molar-refractivity contribution < 1.29 is 9.18 Å². The molecule has 1 aromatic carbocycles. The van der Waals surface area contributed by atoms with Crippen molar-refractivity contribution in [1.82, 2.24) is 0 Å². The first-order chi connectivity index (χ1) is 6.15. The van der Waals surface area contributed by atoms with E-state index in [0.717, 1.165) is 4.90 Å². The van der Waals surface area contributed by atoms with E-state index in [1.54, 1.807) is 0 Å². The van der Waals surface area contributed by atoms with Crippen LogP contribution in [0.5, 0.6) is 0 Å². The fourth-order valence-electron chi connectivity index (χ4n) is 0.857. The van der Waals surface area contributed by atoms with E-state index in [2.05, 4.69) is 0 Å². The van der Waals surface area contributed by atoms with Gasteiger partial charge in [0.25, 0.3) is 0 Å². The molecule has 13 heavy (non-hydrogen) atoms. The summed E-state index contributed by atoms with van der Waals surface area (Å²) in [6.45, 7) is 0. The summed E-state index contributed by atoms with van der Waals surface area (Å²) >= 11 is 0. The largest absolute Gasteiger partial charge is 0.329 e. The molecule has 0 fully saturated rings. The first-order valence-corrected chi connectivity index (χ1v) is 3.58. The summed E-state index contributed by atoms with van der Waals surface area (Å²) in [6.07, 6.45) is 0. The van der Waals surface area contributed by atoms with Gasteiger partial charge in [0.1, 0.15) is 5.82 Å². The van der Waals surface area contributed by atoms with Crippen molar-refractivity contribution >= 4 is 11.6 Å². The third-order valence-electron chi connectivity index (χ3n) is 1.61. The monoisotopic (exact) mass is 178 g/mol. The number of rotatable bonds is 1. The van der Waals surface area contributed by atoms with Gasteiger partial charge in [-0.3, -0.25) is 4.79 Å². The molecule has 0 saturated heterocycles. The highest BCUT2D eigenvalue weighted by Crippen LogP contribution is 2.12. The first-order valence-electron chi connectivity index (χ1n) is 3.58. The van der Waals surface area contributed by atoms with E-state index in [1.165, 1.54) is 37.4 Å². The van der Waals surface area contributed by atoms with E-state index in [4.69, 9.17) is 5.26 Å². The number of carbonyl (C=O) groups is 1. The summed E-state index contributed by atoms with van der Waals surface area (Å²) in [7, 11) is 1.46. The minimum Gasteiger partial charge on any atom is -0.303 e. The number of carbonyl (C=O) groups excluding carboxylic acids is 1. The Morgan fingerprint density at radius 2 is 2.00 bits per heavy atom. The first kappa shape index (κ1) is 9.20. The lowest BCUT2D eigenvalue weighted by molar-refractivity contribution is -0.113. The van der Waals surface area contributed by atoms with Gasteiger partial charge in [0, 0.05) is 12.7 Å². The molecule has 3 nitrogen and oxygen atoms in total.